The van der Waals surface area contributed by atoms with Crippen LogP contribution in [0.1, 0.15) is 43.1 Å². The van der Waals surface area contributed by atoms with E-state index < -0.39 is 0 Å². The number of benzene rings is 1. The van der Waals surface area contributed by atoms with Crippen molar-refractivity contribution in [2.45, 2.75) is 37.8 Å². The van der Waals surface area contributed by atoms with Crippen LogP contribution in [-0.4, -0.2) is 35.3 Å². The zero-order valence-corrected chi connectivity index (χ0v) is 14.8. The highest BCUT2D eigenvalue weighted by molar-refractivity contribution is 5.77. The number of carbonyl (C=O) groups excluding carboxylic acids is 1. The molecule has 0 aliphatic carbocycles. The molecule has 2 atom stereocenters. The summed E-state index contributed by atoms with van der Waals surface area (Å²) < 4.78 is 13.0. The maximum Gasteiger partial charge on any atom is 0.220 e. The topological polar surface area (TPSA) is 65.4 Å². The standard InChI is InChI=1S/C19H25N3O3/c1-22-12-11-20-19(22)18(15-7-3-4-8-16(15)24-2)21-17(23)10-9-14-6-5-13-25-14/h3-4,7-8,11-12,14,18H,5-6,9-10,13H2,1-2H3,(H,21,23)/t14-,18-/m0/s1. The molecule has 6 heteroatoms. The monoisotopic (exact) mass is 343 g/mol. The van der Waals surface area contributed by atoms with Gasteiger partial charge in [-0.3, -0.25) is 4.79 Å². The Morgan fingerprint density at radius 1 is 1.48 bits per heavy atom. The summed E-state index contributed by atoms with van der Waals surface area (Å²) in [5.41, 5.74) is 0.893. The molecule has 1 aromatic heterocycles. The third-order valence-corrected chi connectivity index (χ3v) is 4.59. The third kappa shape index (κ3) is 4.20. The van der Waals surface area contributed by atoms with E-state index in [-0.39, 0.29) is 18.1 Å². The molecular formula is C19H25N3O3. The molecule has 134 valence electrons. The van der Waals surface area contributed by atoms with Crippen molar-refractivity contribution in [3.63, 3.8) is 0 Å². The van der Waals surface area contributed by atoms with Crippen molar-refractivity contribution < 1.29 is 14.3 Å². The zero-order chi connectivity index (χ0) is 17.6. The summed E-state index contributed by atoms with van der Waals surface area (Å²) in [5, 5.41) is 3.12. The van der Waals surface area contributed by atoms with Crippen LogP contribution < -0.4 is 10.1 Å². The first-order valence-corrected chi connectivity index (χ1v) is 8.70. The lowest BCUT2D eigenvalue weighted by Gasteiger charge is -2.21. The van der Waals surface area contributed by atoms with Crippen LogP contribution in [0, 0.1) is 0 Å². The van der Waals surface area contributed by atoms with Crippen LogP contribution in [-0.2, 0) is 16.6 Å². The number of hydrogen-bond acceptors (Lipinski definition) is 4. The number of para-hydroxylation sites is 1. The molecule has 2 aromatic rings. The van der Waals surface area contributed by atoms with E-state index in [4.69, 9.17) is 9.47 Å². The number of nitrogens with one attached hydrogen (secondary N) is 1. The van der Waals surface area contributed by atoms with Crippen LogP contribution in [0.2, 0.25) is 0 Å². The fourth-order valence-electron chi connectivity index (χ4n) is 3.24. The van der Waals surface area contributed by atoms with Gasteiger partial charge in [0.2, 0.25) is 5.91 Å². The van der Waals surface area contributed by atoms with Gasteiger partial charge >= 0.3 is 0 Å². The molecule has 3 rings (SSSR count). The van der Waals surface area contributed by atoms with Crippen molar-refractivity contribution in [3.05, 3.63) is 48.0 Å². The minimum Gasteiger partial charge on any atom is -0.496 e. The average molecular weight is 343 g/mol. The zero-order valence-electron chi connectivity index (χ0n) is 14.8. The molecule has 6 nitrogen and oxygen atoms in total. The Morgan fingerprint density at radius 2 is 2.32 bits per heavy atom. The van der Waals surface area contributed by atoms with Gasteiger partial charge in [0.1, 0.15) is 17.6 Å². The number of aryl methyl sites for hydroxylation is 1. The van der Waals surface area contributed by atoms with Gasteiger partial charge in [-0.2, -0.15) is 0 Å². The number of amides is 1. The second kappa shape index (κ2) is 8.16. The first kappa shape index (κ1) is 17.5. The van der Waals surface area contributed by atoms with E-state index in [9.17, 15) is 4.79 Å². The first-order chi connectivity index (χ1) is 12.2. The summed E-state index contributed by atoms with van der Waals surface area (Å²) in [7, 11) is 3.55. The molecule has 1 N–H and O–H groups in total. The predicted octanol–water partition coefficient (Wildman–Crippen LogP) is 2.59. The van der Waals surface area contributed by atoms with Gasteiger partial charge in [0.05, 0.1) is 13.2 Å². The molecule has 1 amide bonds. The van der Waals surface area contributed by atoms with Crippen molar-refractivity contribution in [2.24, 2.45) is 7.05 Å². The van der Waals surface area contributed by atoms with Gasteiger partial charge in [-0.05, 0) is 25.3 Å². The molecular weight excluding hydrogens is 318 g/mol. The summed E-state index contributed by atoms with van der Waals surface area (Å²) in [6.45, 7) is 0.809. The molecule has 0 saturated carbocycles. The number of nitrogens with zero attached hydrogens (tertiary/aromatic N) is 2. The maximum absolute atomic E-state index is 12.5. The quantitative estimate of drug-likeness (QED) is 0.839. The Hall–Kier alpha value is -2.34. The Balaban J connectivity index is 1.77. The smallest absolute Gasteiger partial charge is 0.220 e. The summed E-state index contributed by atoms with van der Waals surface area (Å²) >= 11 is 0. The number of methoxy groups -OCH3 is 1. The second-order valence-electron chi connectivity index (χ2n) is 6.31. The average Bonchev–Trinajstić information content (AvgIpc) is 3.29. The Bertz CT molecular complexity index is 707. The fraction of sp³-hybridized carbons (Fsp3) is 0.474. The van der Waals surface area contributed by atoms with Gasteiger partial charge in [-0.25, -0.2) is 4.98 Å². The largest absolute Gasteiger partial charge is 0.496 e. The highest BCUT2D eigenvalue weighted by Gasteiger charge is 2.24. The number of aromatic nitrogens is 2. The summed E-state index contributed by atoms with van der Waals surface area (Å²) in [4.78, 5) is 17.0. The van der Waals surface area contributed by atoms with Gasteiger partial charge in [0.15, 0.2) is 0 Å². The number of hydrogen-bond donors (Lipinski definition) is 1. The number of imidazole rings is 1. The van der Waals surface area contributed by atoms with Gasteiger partial charge in [0.25, 0.3) is 0 Å². The molecule has 0 radical (unpaired) electrons. The van der Waals surface area contributed by atoms with Crippen molar-refractivity contribution >= 4 is 5.91 Å². The van der Waals surface area contributed by atoms with Crippen LogP contribution >= 0.6 is 0 Å². The Morgan fingerprint density at radius 3 is 3.00 bits per heavy atom. The van der Waals surface area contributed by atoms with Gasteiger partial charge in [0, 0.05) is 38.0 Å². The van der Waals surface area contributed by atoms with Crippen LogP contribution in [0.4, 0.5) is 0 Å². The lowest BCUT2D eigenvalue weighted by Crippen LogP contribution is -2.31. The molecule has 1 aliphatic heterocycles. The van der Waals surface area contributed by atoms with Gasteiger partial charge < -0.3 is 19.4 Å². The van der Waals surface area contributed by atoms with E-state index in [1.54, 1.807) is 13.3 Å². The Labute approximate surface area is 148 Å². The fourth-order valence-corrected chi connectivity index (χ4v) is 3.24. The Kier molecular flexibility index (Phi) is 5.71. The van der Waals surface area contributed by atoms with E-state index in [1.165, 1.54) is 0 Å². The van der Waals surface area contributed by atoms with Crippen LogP contribution in [0.25, 0.3) is 0 Å². The van der Waals surface area contributed by atoms with E-state index in [2.05, 4.69) is 10.3 Å². The van der Waals surface area contributed by atoms with Crippen molar-refractivity contribution in [1.29, 1.82) is 0 Å². The van der Waals surface area contributed by atoms with Crippen LogP contribution in [0.5, 0.6) is 5.75 Å². The highest BCUT2D eigenvalue weighted by Crippen LogP contribution is 2.29. The highest BCUT2D eigenvalue weighted by atomic mass is 16.5. The van der Waals surface area contributed by atoms with E-state index in [1.807, 2.05) is 42.1 Å². The van der Waals surface area contributed by atoms with E-state index in [0.717, 1.165) is 43.0 Å². The van der Waals surface area contributed by atoms with Crippen LogP contribution in [0.15, 0.2) is 36.7 Å². The third-order valence-electron chi connectivity index (χ3n) is 4.59. The molecule has 1 aliphatic rings. The molecule has 1 fully saturated rings. The van der Waals surface area contributed by atoms with Crippen molar-refractivity contribution in [3.8, 4) is 5.75 Å². The SMILES string of the molecule is COc1ccccc1[C@H](NC(=O)CC[C@@H]1CCCO1)c1nccn1C. The minimum absolute atomic E-state index is 0.00518. The molecule has 0 bridgehead atoms. The van der Waals surface area contributed by atoms with Gasteiger partial charge in [-0.1, -0.05) is 18.2 Å². The summed E-state index contributed by atoms with van der Waals surface area (Å²) in [6.07, 6.45) is 7.15. The molecule has 0 spiro atoms. The summed E-state index contributed by atoms with van der Waals surface area (Å²) in [6, 6.07) is 7.35. The molecule has 25 heavy (non-hydrogen) atoms. The maximum atomic E-state index is 12.5. The van der Waals surface area contributed by atoms with Gasteiger partial charge in [-0.15, -0.1) is 0 Å². The predicted molar refractivity (Wildman–Crippen MR) is 94.4 cm³/mol. The molecule has 1 aromatic carbocycles. The van der Waals surface area contributed by atoms with E-state index in [0.29, 0.717) is 6.42 Å². The lowest BCUT2D eigenvalue weighted by atomic mass is 10.0. The minimum atomic E-state index is -0.354. The number of ether oxygens (including phenoxy) is 2. The second-order valence-corrected chi connectivity index (χ2v) is 6.31. The number of rotatable bonds is 7. The normalized spacial score (nSPS) is 18.1. The molecule has 0 unspecified atom stereocenters. The number of carbonyl (C=O) groups is 1. The van der Waals surface area contributed by atoms with Crippen LogP contribution in [0.3, 0.4) is 0 Å². The molecule has 1 saturated heterocycles. The molecule has 2 heterocycles. The van der Waals surface area contributed by atoms with Crippen molar-refractivity contribution in [1.82, 2.24) is 14.9 Å². The summed E-state index contributed by atoms with van der Waals surface area (Å²) in [5.74, 6) is 1.50. The van der Waals surface area contributed by atoms with Crippen molar-refractivity contribution in [2.75, 3.05) is 13.7 Å². The van der Waals surface area contributed by atoms with E-state index >= 15 is 0 Å². The first-order valence-electron chi connectivity index (χ1n) is 8.70. The lowest BCUT2D eigenvalue weighted by molar-refractivity contribution is -0.122.